The molecule has 0 spiro atoms. The van der Waals surface area contributed by atoms with E-state index in [4.69, 9.17) is 9.84 Å². The van der Waals surface area contributed by atoms with Crippen LogP contribution in [0.15, 0.2) is 36.5 Å². The van der Waals surface area contributed by atoms with E-state index >= 15 is 0 Å². The van der Waals surface area contributed by atoms with Crippen molar-refractivity contribution in [3.8, 4) is 0 Å². The molecule has 4 nitrogen and oxygen atoms in total. The molecule has 0 aromatic carbocycles. The maximum Gasteiger partial charge on any atom is 0.306 e. The minimum absolute atomic E-state index is 0.000552. The summed E-state index contributed by atoms with van der Waals surface area (Å²) in [5, 5.41) is 8.65. The number of carbonyl (C=O) groups is 2. The van der Waals surface area contributed by atoms with Crippen molar-refractivity contribution in [2.45, 2.75) is 193 Å². The van der Waals surface area contributed by atoms with Gasteiger partial charge in [0.15, 0.2) is 0 Å². The van der Waals surface area contributed by atoms with E-state index in [1.165, 1.54) is 89.9 Å². The fourth-order valence-corrected chi connectivity index (χ4v) is 5.25. The predicted molar refractivity (Wildman–Crippen MR) is 181 cm³/mol. The van der Waals surface area contributed by atoms with Crippen molar-refractivity contribution in [2.24, 2.45) is 0 Å². The lowest BCUT2D eigenvalue weighted by Gasteiger charge is -2.16. The van der Waals surface area contributed by atoms with E-state index in [0.29, 0.717) is 12.8 Å². The first-order valence-corrected chi connectivity index (χ1v) is 18.0. The van der Waals surface area contributed by atoms with Gasteiger partial charge in [-0.1, -0.05) is 147 Å². The summed E-state index contributed by atoms with van der Waals surface area (Å²) in [6, 6.07) is 0. The molecule has 0 rings (SSSR count). The smallest absolute Gasteiger partial charge is 0.306 e. The minimum Gasteiger partial charge on any atom is -0.481 e. The summed E-state index contributed by atoms with van der Waals surface area (Å²) < 4.78 is 5.76. The summed E-state index contributed by atoms with van der Waals surface area (Å²) in [7, 11) is 0. The monoisotopic (exact) mass is 589 g/mol. The van der Waals surface area contributed by atoms with Gasteiger partial charge in [-0.3, -0.25) is 9.59 Å². The molecule has 0 aliphatic heterocycles. The van der Waals surface area contributed by atoms with Crippen LogP contribution in [0.25, 0.3) is 0 Å². The summed E-state index contributed by atoms with van der Waals surface area (Å²) in [4.78, 5) is 22.8. The SMILES string of the molecule is CC/C=C\C/C=C\C/C=C\CCCCCCCCCCCC(=O)OC(CC)CCCCCCCCCCCCC(=O)O. The van der Waals surface area contributed by atoms with E-state index in [0.717, 1.165) is 70.6 Å². The largest absolute Gasteiger partial charge is 0.481 e. The lowest BCUT2D eigenvalue weighted by Crippen LogP contribution is -2.17. The third-order valence-electron chi connectivity index (χ3n) is 7.95. The van der Waals surface area contributed by atoms with E-state index in [-0.39, 0.29) is 12.1 Å². The number of carboxylic acid groups (broad SMARTS) is 1. The van der Waals surface area contributed by atoms with Gasteiger partial charge < -0.3 is 9.84 Å². The van der Waals surface area contributed by atoms with Crippen molar-refractivity contribution >= 4 is 11.9 Å². The molecule has 0 aromatic heterocycles. The van der Waals surface area contributed by atoms with Crippen LogP contribution in [-0.4, -0.2) is 23.1 Å². The Kier molecular flexibility index (Phi) is 32.2. The van der Waals surface area contributed by atoms with Crippen LogP contribution >= 0.6 is 0 Å². The molecule has 0 saturated carbocycles. The van der Waals surface area contributed by atoms with Crippen LogP contribution in [0.4, 0.5) is 0 Å². The van der Waals surface area contributed by atoms with E-state index < -0.39 is 5.97 Å². The van der Waals surface area contributed by atoms with Crippen LogP contribution in [0.5, 0.6) is 0 Å². The first kappa shape index (κ1) is 40.2. The van der Waals surface area contributed by atoms with Crippen LogP contribution in [0.1, 0.15) is 187 Å². The van der Waals surface area contributed by atoms with Gasteiger partial charge in [-0.2, -0.15) is 0 Å². The van der Waals surface area contributed by atoms with Gasteiger partial charge in [0.05, 0.1) is 0 Å². The number of hydrogen-bond acceptors (Lipinski definition) is 3. The molecule has 0 aliphatic carbocycles. The number of hydrogen-bond donors (Lipinski definition) is 1. The van der Waals surface area contributed by atoms with E-state index in [1.807, 2.05) is 0 Å². The number of ether oxygens (including phenoxy) is 1. The van der Waals surface area contributed by atoms with Crippen molar-refractivity contribution < 1.29 is 19.4 Å². The van der Waals surface area contributed by atoms with Gasteiger partial charge in [-0.05, 0) is 64.2 Å². The van der Waals surface area contributed by atoms with Crippen molar-refractivity contribution in [3.05, 3.63) is 36.5 Å². The van der Waals surface area contributed by atoms with Crippen LogP contribution < -0.4 is 0 Å². The molecule has 0 heterocycles. The molecule has 0 saturated heterocycles. The highest BCUT2D eigenvalue weighted by atomic mass is 16.5. The maximum absolute atomic E-state index is 12.3. The third kappa shape index (κ3) is 32.7. The average Bonchev–Trinajstić information content (AvgIpc) is 2.98. The molecular formula is C38H68O4. The highest BCUT2D eigenvalue weighted by molar-refractivity contribution is 5.69. The van der Waals surface area contributed by atoms with Gasteiger partial charge >= 0.3 is 11.9 Å². The van der Waals surface area contributed by atoms with Gasteiger partial charge in [-0.25, -0.2) is 0 Å². The van der Waals surface area contributed by atoms with Gasteiger partial charge in [0.2, 0.25) is 0 Å². The number of unbranched alkanes of at least 4 members (excludes halogenated alkanes) is 18. The minimum atomic E-state index is -0.678. The Labute approximate surface area is 260 Å². The molecule has 1 N–H and O–H groups in total. The Morgan fingerprint density at radius 3 is 1.48 bits per heavy atom. The van der Waals surface area contributed by atoms with Crippen molar-refractivity contribution in [3.63, 3.8) is 0 Å². The van der Waals surface area contributed by atoms with Crippen LogP contribution in [0.2, 0.25) is 0 Å². The molecule has 0 aliphatic rings. The Balaban J connectivity index is 3.46. The molecule has 42 heavy (non-hydrogen) atoms. The van der Waals surface area contributed by atoms with Gasteiger partial charge in [0, 0.05) is 12.8 Å². The zero-order valence-corrected chi connectivity index (χ0v) is 27.8. The second kappa shape index (κ2) is 33.7. The highest BCUT2D eigenvalue weighted by Gasteiger charge is 2.12. The summed E-state index contributed by atoms with van der Waals surface area (Å²) in [5.41, 5.74) is 0. The second-order valence-corrected chi connectivity index (χ2v) is 12.0. The molecule has 0 amide bonds. The number of rotatable bonds is 32. The summed E-state index contributed by atoms with van der Waals surface area (Å²) in [6.45, 7) is 4.29. The molecule has 4 heteroatoms. The third-order valence-corrected chi connectivity index (χ3v) is 7.95. The number of allylic oxidation sites excluding steroid dienone is 6. The molecule has 1 atom stereocenters. The Hall–Kier alpha value is -1.84. The van der Waals surface area contributed by atoms with Gasteiger partial charge in [-0.15, -0.1) is 0 Å². The molecule has 0 fully saturated rings. The van der Waals surface area contributed by atoms with Crippen LogP contribution in [0, 0.1) is 0 Å². The van der Waals surface area contributed by atoms with Gasteiger partial charge in [0.25, 0.3) is 0 Å². The van der Waals surface area contributed by atoms with E-state index in [1.54, 1.807) is 0 Å². The topological polar surface area (TPSA) is 63.6 Å². The molecular weight excluding hydrogens is 520 g/mol. The summed E-state index contributed by atoms with van der Waals surface area (Å²) in [6.07, 6.45) is 43.9. The lowest BCUT2D eigenvalue weighted by atomic mass is 10.0. The Morgan fingerprint density at radius 1 is 0.548 bits per heavy atom. The molecule has 1 unspecified atom stereocenters. The summed E-state index contributed by atoms with van der Waals surface area (Å²) >= 11 is 0. The van der Waals surface area contributed by atoms with Crippen molar-refractivity contribution in [1.82, 2.24) is 0 Å². The normalized spacial score (nSPS) is 12.6. The zero-order valence-electron chi connectivity index (χ0n) is 27.8. The summed E-state index contributed by atoms with van der Waals surface area (Å²) in [5.74, 6) is -0.679. The molecule has 0 bridgehead atoms. The average molecular weight is 589 g/mol. The highest BCUT2D eigenvalue weighted by Crippen LogP contribution is 2.16. The predicted octanol–water partition coefficient (Wildman–Crippen LogP) is 12.2. The van der Waals surface area contributed by atoms with E-state index in [2.05, 4.69) is 50.3 Å². The van der Waals surface area contributed by atoms with Gasteiger partial charge in [0.1, 0.15) is 6.10 Å². The van der Waals surface area contributed by atoms with E-state index in [9.17, 15) is 9.59 Å². The molecule has 0 radical (unpaired) electrons. The zero-order chi connectivity index (χ0) is 30.8. The second-order valence-electron chi connectivity index (χ2n) is 12.0. The maximum atomic E-state index is 12.3. The first-order chi connectivity index (χ1) is 20.6. The molecule has 0 aromatic rings. The van der Waals surface area contributed by atoms with Crippen LogP contribution in [0.3, 0.4) is 0 Å². The van der Waals surface area contributed by atoms with Crippen LogP contribution in [-0.2, 0) is 14.3 Å². The number of esters is 1. The number of carboxylic acids is 1. The fraction of sp³-hybridized carbons (Fsp3) is 0.789. The standard InChI is InChI=1S/C38H68O4/c1-3-5-6-7-8-9-10-11-12-13-14-15-16-17-18-23-26-29-32-35-38(41)42-36(4-2)33-30-27-24-21-19-20-22-25-28-31-34-37(39)40/h5-6,8-9,11-12,36H,3-4,7,10,13-35H2,1-2H3,(H,39,40)/b6-5-,9-8-,12-11-. The Bertz CT molecular complexity index is 679. The quantitative estimate of drug-likeness (QED) is 0.0482. The Morgan fingerprint density at radius 2 is 0.976 bits per heavy atom. The first-order valence-electron chi connectivity index (χ1n) is 18.0. The van der Waals surface area contributed by atoms with Crippen molar-refractivity contribution in [1.29, 1.82) is 0 Å². The number of aliphatic carboxylic acids is 1. The van der Waals surface area contributed by atoms with Crippen molar-refractivity contribution in [2.75, 3.05) is 0 Å². The fourth-order valence-electron chi connectivity index (χ4n) is 5.25. The lowest BCUT2D eigenvalue weighted by molar-refractivity contribution is -0.149. The number of carbonyl (C=O) groups excluding carboxylic acids is 1. The molecule has 244 valence electrons.